The van der Waals surface area contributed by atoms with E-state index >= 15 is 0 Å². The van der Waals surface area contributed by atoms with E-state index in [0.29, 0.717) is 17.7 Å². The summed E-state index contributed by atoms with van der Waals surface area (Å²) in [6.07, 6.45) is 4.28. The molecule has 0 radical (unpaired) electrons. The van der Waals surface area contributed by atoms with Crippen molar-refractivity contribution in [2.45, 2.75) is 50.7 Å². The minimum atomic E-state index is -1.21. The van der Waals surface area contributed by atoms with Crippen LogP contribution in [0.1, 0.15) is 43.7 Å². The SMILES string of the molecule is CC(=O)N1N=C(C2=C(F)C=C[C@@H](F)C2)C[C@]12CCCc1ccccc12. The number of hydrazone groups is 1. The molecule has 0 N–H and O–H groups in total. The number of hydrogen-bond acceptors (Lipinski definition) is 2. The fourth-order valence-electron chi connectivity index (χ4n) is 4.35. The zero-order valence-electron chi connectivity index (χ0n) is 14.1. The van der Waals surface area contributed by atoms with Gasteiger partial charge in [-0.2, -0.15) is 5.10 Å². The number of nitrogens with zero attached hydrogens (tertiary/aromatic N) is 2. The molecule has 1 amide bonds. The van der Waals surface area contributed by atoms with Gasteiger partial charge in [-0.05, 0) is 42.5 Å². The molecule has 1 aromatic rings. The van der Waals surface area contributed by atoms with Gasteiger partial charge in [0.2, 0.25) is 5.91 Å². The number of alkyl halides is 1. The van der Waals surface area contributed by atoms with Crippen molar-refractivity contribution in [2.24, 2.45) is 5.10 Å². The van der Waals surface area contributed by atoms with E-state index in [9.17, 15) is 13.6 Å². The number of carbonyl (C=O) groups excluding carboxylic acids is 1. The van der Waals surface area contributed by atoms with Crippen LogP contribution in [0.5, 0.6) is 0 Å². The summed E-state index contributed by atoms with van der Waals surface area (Å²) in [6, 6.07) is 8.07. The van der Waals surface area contributed by atoms with Crippen LogP contribution in [0, 0.1) is 0 Å². The number of fused-ring (bicyclic) bond motifs is 2. The Morgan fingerprint density at radius 1 is 1.36 bits per heavy atom. The fourth-order valence-corrected chi connectivity index (χ4v) is 4.35. The minimum Gasteiger partial charge on any atom is -0.273 e. The smallest absolute Gasteiger partial charge is 0.240 e. The van der Waals surface area contributed by atoms with Crippen LogP contribution in [-0.2, 0) is 16.8 Å². The van der Waals surface area contributed by atoms with Gasteiger partial charge in [0.1, 0.15) is 12.0 Å². The molecule has 0 fully saturated rings. The van der Waals surface area contributed by atoms with Gasteiger partial charge in [-0.3, -0.25) is 4.79 Å². The third-order valence-corrected chi connectivity index (χ3v) is 5.43. The summed E-state index contributed by atoms with van der Waals surface area (Å²) in [5.41, 5.74) is 2.51. The maximum absolute atomic E-state index is 14.3. The lowest BCUT2D eigenvalue weighted by atomic mass is 9.73. The molecular weight excluding hydrogens is 322 g/mol. The highest BCUT2D eigenvalue weighted by Gasteiger charge is 2.49. The molecule has 3 nitrogen and oxygen atoms in total. The summed E-state index contributed by atoms with van der Waals surface area (Å²) in [7, 11) is 0. The van der Waals surface area contributed by atoms with Crippen molar-refractivity contribution in [3.8, 4) is 0 Å². The van der Waals surface area contributed by atoms with E-state index in [1.54, 1.807) is 0 Å². The van der Waals surface area contributed by atoms with Crippen molar-refractivity contribution in [2.75, 3.05) is 0 Å². The van der Waals surface area contributed by atoms with Crippen LogP contribution in [-0.4, -0.2) is 22.8 Å². The van der Waals surface area contributed by atoms with Crippen molar-refractivity contribution in [1.82, 2.24) is 5.01 Å². The van der Waals surface area contributed by atoms with Gasteiger partial charge in [-0.15, -0.1) is 0 Å². The summed E-state index contributed by atoms with van der Waals surface area (Å²) in [5, 5.41) is 5.98. The molecule has 1 aliphatic heterocycles. The first-order chi connectivity index (χ1) is 12.0. The van der Waals surface area contributed by atoms with Crippen molar-refractivity contribution in [3.63, 3.8) is 0 Å². The van der Waals surface area contributed by atoms with Gasteiger partial charge in [-0.25, -0.2) is 13.8 Å². The fraction of sp³-hybridized carbons (Fsp3) is 0.400. The number of hydrogen-bond donors (Lipinski definition) is 0. The summed E-state index contributed by atoms with van der Waals surface area (Å²) in [4.78, 5) is 12.3. The Kier molecular flexibility index (Phi) is 3.82. The molecule has 0 aromatic heterocycles. The number of carbonyl (C=O) groups is 1. The first-order valence-electron chi connectivity index (χ1n) is 8.69. The number of benzene rings is 1. The number of amides is 1. The van der Waals surface area contributed by atoms with Crippen LogP contribution < -0.4 is 0 Å². The van der Waals surface area contributed by atoms with Gasteiger partial charge >= 0.3 is 0 Å². The molecule has 2 aliphatic carbocycles. The lowest BCUT2D eigenvalue weighted by Crippen LogP contribution is -2.45. The first-order valence-corrected chi connectivity index (χ1v) is 8.69. The Morgan fingerprint density at radius 3 is 2.96 bits per heavy atom. The Balaban J connectivity index is 1.80. The number of rotatable bonds is 1. The third kappa shape index (κ3) is 2.53. The van der Waals surface area contributed by atoms with E-state index in [4.69, 9.17) is 0 Å². The van der Waals surface area contributed by atoms with Gasteiger partial charge in [0.25, 0.3) is 0 Å². The van der Waals surface area contributed by atoms with Crippen LogP contribution >= 0.6 is 0 Å². The monoisotopic (exact) mass is 342 g/mol. The number of aryl methyl sites for hydroxylation is 1. The predicted molar refractivity (Wildman–Crippen MR) is 92.4 cm³/mol. The van der Waals surface area contributed by atoms with Crippen LogP contribution in [0.2, 0.25) is 0 Å². The van der Waals surface area contributed by atoms with Gasteiger partial charge in [0.15, 0.2) is 0 Å². The average molecular weight is 342 g/mol. The Morgan fingerprint density at radius 2 is 2.16 bits per heavy atom. The molecule has 0 saturated carbocycles. The van der Waals surface area contributed by atoms with Crippen molar-refractivity contribution < 1.29 is 13.6 Å². The van der Waals surface area contributed by atoms with Crippen LogP contribution in [0.4, 0.5) is 8.78 Å². The molecule has 130 valence electrons. The second-order valence-corrected chi connectivity index (χ2v) is 7.00. The second-order valence-electron chi connectivity index (χ2n) is 7.00. The van der Waals surface area contributed by atoms with E-state index in [1.807, 2.05) is 18.2 Å². The maximum Gasteiger partial charge on any atom is 0.240 e. The van der Waals surface area contributed by atoms with E-state index < -0.39 is 17.5 Å². The zero-order chi connectivity index (χ0) is 17.6. The largest absolute Gasteiger partial charge is 0.273 e. The number of halogens is 2. The lowest BCUT2D eigenvalue weighted by Gasteiger charge is -2.40. The molecular formula is C20H20F2N2O. The molecule has 4 rings (SSSR count). The van der Waals surface area contributed by atoms with Crippen LogP contribution in [0.15, 0.2) is 52.9 Å². The molecule has 1 spiro atoms. The average Bonchev–Trinajstić information content (AvgIpc) is 2.98. The Labute approximate surface area is 145 Å². The summed E-state index contributed by atoms with van der Waals surface area (Å²) in [5.74, 6) is -0.617. The summed E-state index contributed by atoms with van der Waals surface area (Å²) >= 11 is 0. The molecule has 3 aliphatic rings. The molecule has 1 heterocycles. The van der Waals surface area contributed by atoms with Crippen LogP contribution in [0.25, 0.3) is 0 Å². The topological polar surface area (TPSA) is 32.7 Å². The lowest BCUT2D eigenvalue weighted by molar-refractivity contribution is -0.135. The molecule has 0 unspecified atom stereocenters. The summed E-state index contributed by atoms with van der Waals surface area (Å²) in [6.45, 7) is 1.48. The highest BCUT2D eigenvalue weighted by Crippen LogP contribution is 2.48. The standard InChI is InChI=1S/C20H20F2N2O/c1-13(25)24-20(10-4-6-14-5-2-3-7-17(14)20)12-19(23-24)16-11-15(21)8-9-18(16)22/h2-3,5,7-9,15H,4,6,10-12H2,1H3/t15-,20+/m1/s1. The van der Waals surface area contributed by atoms with Crippen molar-refractivity contribution >= 4 is 11.6 Å². The van der Waals surface area contributed by atoms with Gasteiger partial charge in [0, 0.05) is 25.3 Å². The van der Waals surface area contributed by atoms with Gasteiger partial charge < -0.3 is 0 Å². The molecule has 0 saturated heterocycles. The third-order valence-electron chi connectivity index (χ3n) is 5.43. The molecule has 25 heavy (non-hydrogen) atoms. The van der Waals surface area contributed by atoms with E-state index in [0.717, 1.165) is 24.8 Å². The highest BCUT2D eigenvalue weighted by molar-refractivity contribution is 6.04. The highest BCUT2D eigenvalue weighted by atomic mass is 19.1. The predicted octanol–water partition coefficient (Wildman–Crippen LogP) is 4.35. The van der Waals surface area contributed by atoms with E-state index in [2.05, 4.69) is 11.2 Å². The zero-order valence-corrected chi connectivity index (χ0v) is 14.1. The second kappa shape index (κ2) is 5.90. The Hall–Kier alpha value is -2.30. The quantitative estimate of drug-likeness (QED) is 0.747. The normalized spacial score (nSPS) is 28.4. The molecule has 5 heteroatoms. The van der Waals surface area contributed by atoms with Crippen molar-refractivity contribution in [3.05, 3.63) is 58.9 Å². The van der Waals surface area contributed by atoms with E-state index in [-0.39, 0.29) is 12.3 Å². The molecule has 2 atom stereocenters. The van der Waals surface area contributed by atoms with Crippen LogP contribution in [0.3, 0.4) is 0 Å². The first kappa shape index (κ1) is 16.2. The maximum atomic E-state index is 14.3. The van der Waals surface area contributed by atoms with E-state index in [1.165, 1.54) is 29.6 Å². The van der Waals surface area contributed by atoms with Gasteiger partial charge in [-0.1, -0.05) is 24.3 Å². The summed E-state index contributed by atoms with van der Waals surface area (Å²) < 4.78 is 28.1. The Bertz CT molecular complexity index is 827. The van der Waals surface area contributed by atoms with Crippen molar-refractivity contribution in [1.29, 1.82) is 0 Å². The molecule has 0 bridgehead atoms. The minimum absolute atomic E-state index is 0.0232. The molecule has 1 aromatic carbocycles. The number of allylic oxidation sites excluding steroid dienone is 4. The van der Waals surface area contributed by atoms with Gasteiger partial charge in [0.05, 0.1) is 11.3 Å².